The van der Waals surface area contributed by atoms with Crippen molar-refractivity contribution in [1.29, 1.82) is 0 Å². The number of aromatic amines is 1. The van der Waals surface area contributed by atoms with Crippen LogP contribution in [0.5, 0.6) is 0 Å². The van der Waals surface area contributed by atoms with E-state index < -0.39 is 0 Å². The lowest BCUT2D eigenvalue weighted by molar-refractivity contribution is -0.145. The van der Waals surface area contributed by atoms with E-state index in [0.717, 1.165) is 69.3 Å². The number of H-pyrrole nitrogens is 1. The number of amides is 2. The molecule has 4 aliphatic heterocycles. The second-order valence-electron chi connectivity index (χ2n) is 9.96. The van der Waals surface area contributed by atoms with Gasteiger partial charge in [0.15, 0.2) is 5.69 Å². The summed E-state index contributed by atoms with van der Waals surface area (Å²) in [5.74, 6) is 1.68. The third kappa shape index (κ3) is 3.34. The average molecular weight is 422 g/mol. The quantitative estimate of drug-likeness (QED) is 0.809. The Morgan fingerprint density at radius 2 is 1.90 bits per heavy atom. The second-order valence-corrected chi connectivity index (χ2v) is 9.96. The monoisotopic (exact) mass is 421 g/mol. The Morgan fingerprint density at radius 1 is 1.06 bits per heavy atom. The molecule has 0 spiro atoms. The van der Waals surface area contributed by atoms with Crippen molar-refractivity contribution in [2.75, 3.05) is 32.7 Å². The Kier molecular flexibility index (Phi) is 4.74. The molecule has 2 bridgehead atoms. The molecule has 3 atom stereocenters. The van der Waals surface area contributed by atoms with Gasteiger partial charge < -0.3 is 9.80 Å². The van der Waals surface area contributed by atoms with Crippen molar-refractivity contribution in [1.82, 2.24) is 24.9 Å². The summed E-state index contributed by atoms with van der Waals surface area (Å²) in [5.41, 5.74) is 1.46. The molecule has 1 aromatic heterocycles. The van der Waals surface area contributed by atoms with Crippen LogP contribution in [0.3, 0.4) is 0 Å². The minimum atomic E-state index is 0.0442. The molecular weight excluding hydrogens is 390 g/mol. The Morgan fingerprint density at radius 3 is 2.77 bits per heavy atom. The van der Waals surface area contributed by atoms with Gasteiger partial charge in [-0.15, -0.1) is 0 Å². The molecule has 1 aromatic carbocycles. The number of benzene rings is 1. The van der Waals surface area contributed by atoms with E-state index >= 15 is 0 Å². The highest BCUT2D eigenvalue weighted by molar-refractivity contribution is 6.04. The van der Waals surface area contributed by atoms with Gasteiger partial charge in [-0.1, -0.05) is 18.2 Å². The number of piperidine rings is 4. The molecule has 1 N–H and O–H groups in total. The second kappa shape index (κ2) is 7.62. The number of para-hydroxylation sites is 1. The van der Waals surface area contributed by atoms with E-state index in [4.69, 9.17) is 0 Å². The first-order valence-corrected chi connectivity index (χ1v) is 11.9. The third-order valence-electron chi connectivity index (χ3n) is 8.15. The van der Waals surface area contributed by atoms with E-state index in [-0.39, 0.29) is 5.91 Å². The molecule has 6 rings (SSSR count). The first-order valence-electron chi connectivity index (χ1n) is 11.9. The molecular formula is C24H31N5O2. The van der Waals surface area contributed by atoms with Gasteiger partial charge in [-0.25, -0.2) is 0 Å². The highest BCUT2D eigenvalue weighted by Crippen LogP contribution is 2.39. The van der Waals surface area contributed by atoms with Crippen LogP contribution in [0.1, 0.15) is 49.0 Å². The summed E-state index contributed by atoms with van der Waals surface area (Å²) >= 11 is 0. The van der Waals surface area contributed by atoms with Crippen LogP contribution in [0.2, 0.25) is 0 Å². The smallest absolute Gasteiger partial charge is 0.274 e. The fraction of sp³-hybridized carbons (Fsp3) is 0.625. The Bertz CT molecular complexity index is 995. The van der Waals surface area contributed by atoms with Crippen LogP contribution < -0.4 is 0 Å². The summed E-state index contributed by atoms with van der Waals surface area (Å²) in [6.07, 6.45) is 6.33. The fourth-order valence-corrected chi connectivity index (χ4v) is 6.66. The molecule has 5 heterocycles. The van der Waals surface area contributed by atoms with Crippen molar-refractivity contribution >= 4 is 22.7 Å². The van der Waals surface area contributed by atoms with Gasteiger partial charge in [0.05, 0.1) is 5.52 Å². The first-order chi connectivity index (χ1) is 15.2. The minimum Gasteiger partial charge on any atom is -0.339 e. The highest BCUT2D eigenvalue weighted by Gasteiger charge is 2.45. The summed E-state index contributed by atoms with van der Waals surface area (Å²) in [5, 5.41) is 8.19. The number of hydrogen-bond acceptors (Lipinski definition) is 4. The molecule has 7 nitrogen and oxygen atoms in total. The fourth-order valence-electron chi connectivity index (χ4n) is 6.66. The predicted molar refractivity (Wildman–Crippen MR) is 118 cm³/mol. The average Bonchev–Trinajstić information content (AvgIpc) is 3.24. The van der Waals surface area contributed by atoms with Crippen molar-refractivity contribution in [2.45, 2.75) is 50.6 Å². The molecule has 0 unspecified atom stereocenters. The number of carbonyl (C=O) groups excluding carboxylic acids is 2. The number of nitrogens with one attached hydrogen (secondary N) is 1. The van der Waals surface area contributed by atoms with Crippen LogP contribution in [0.15, 0.2) is 24.3 Å². The Labute approximate surface area is 182 Å². The summed E-state index contributed by atoms with van der Waals surface area (Å²) < 4.78 is 0. The van der Waals surface area contributed by atoms with Gasteiger partial charge in [0.25, 0.3) is 5.91 Å². The number of nitrogens with zero attached hydrogens (tertiary/aromatic N) is 4. The van der Waals surface area contributed by atoms with Crippen molar-refractivity contribution in [3.63, 3.8) is 0 Å². The highest BCUT2D eigenvalue weighted by atomic mass is 16.2. The SMILES string of the molecule is O=C(c1n[nH]c2ccccc12)N1CCC(N2C[C@H]3C[C@H](C2)[C@H]2CCCC(=O)N2C3)CC1. The molecule has 0 radical (unpaired) electrons. The number of aromatic nitrogens is 2. The van der Waals surface area contributed by atoms with E-state index in [2.05, 4.69) is 20.0 Å². The van der Waals surface area contributed by atoms with Crippen molar-refractivity contribution in [3.05, 3.63) is 30.0 Å². The van der Waals surface area contributed by atoms with Gasteiger partial charge in [-0.2, -0.15) is 5.10 Å². The summed E-state index contributed by atoms with van der Waals surface area (Å²) in [6.45, 7) is 4.78. The Balaban J connectivity index is 1.10. The summed E-state index contributed by atoms with van der Waals surface area (Å²) in [6, 6.07) is 8.85. The lowest BCUT2D eigenvalue weighted by Crippen LogP contribution is -2.62. The van der Waals surface area contributed by atoms with Gasteiger partial charge in [0.2, 0.25) is 5.91 Å². The van der Waals surface area contributed by atoms with E-state index in [1.165, 1.54) is 12.8 Å². The molecule has 2 aromatic rings. The zero-order valence-electron chi connectivity index (χ0n) is 18.0. The van der Waals surface area contributed by atoms with Gasteiger partial charge in [-0.3, -0.25) is 19.6 Å². The standard InChI is InChI=1S/C24H31N5O2/c30-22-7-3-6-21-17-12-16(14-29(21)22)13-28(15-17)18-8-10-27(11-9-18)24(31)23-19-4-1-2-5-20(19)25-26-23/h1-2,4-5,16-18,21H,3,6-15H2,(H,25,26)/t16-,17-,21-/m1/s1. The molecule has 0 aliphatic carbocycles. The number of carbonyl (C=O) groups is 2. The van der Waals surface area contributed by atoms with E-state index in [0.29, 0.717) is 35.5 Å². The Hall–Kier alpha value is -2.41. The van der Waals surface area contributed by atoms with Gasteiger partial charge in [-0.05, 0) is 50.0 Å². The maximum atomic E-state index is 13.1. The van der Waals surface area contributed by atoms with Gasteiger partial charge in [0.1, 0.15) is 0 Å². The van der Waals surface area contributed by atoms with Crippen LogP contribution in [0.4, 0.5) is 0 Å². The van der Waals surface area contributed by atoms with Crippen LogP contribution in [-0.2, 0) is 4.79 Å². The van der Waals surface area contributed by atoms with Crippen LogP contribution in [-0.4, -0.2) is 81.5 Å². The molecule has 4 saturated heterocycles. The van der Waals surface area contributed by atoms with Crippen LogP contribution in [0.25, 0.3) is 10.9 Å². The van der Waals surface area contributed by atoms with Gasteiger partial charge in [0, 0.05) is 56.6 Å². The van der Waals surface area contributed by atoms with Crippen molar-refractivity contribution in [2.24, 2.45) is 11.8 Å². The number of likely N-dealkylation sites (tertiary alicyclic amines) is 2. The molecule has 4 fully saturated rings. The lowest BCUT2D eigenvalue weighted by atomic mass is 9.75. The third-order valence-corrected chi connectivity index (χ3v) is 8.15. The molecule has 2 amide bonds. The summed E-state index contributed by atoms with van der Waals surface area (Å²) in [7, 11) is 0. The lowest BCUT2D eigenvalue weighted by Gasteiger charge is -2.54. The largest absolute Gasteiger partial charge is 0.339 e. The minimum absolute atomic E-state index is 0.0442. The maximum Gasteiger partial charge on any atom is 0.274 e. The van der Waals surface area contributed by atoms with Crippen LogP contribution >= 0.6 is 0 Å². The van der Waals surface area contributed by atoms with E-state index in [1.807, 2.05) is 29.2 Å². The first kappa shape index (κ1) is 19.3. The van der Waals surface area contributed by atoms with E-state index in [1.54, 1.807) is 0 Å². The molecule has 0 saturated carbocycles. The molecule has 164 valence electrons. The molecule has 4 aliphatic rings. The normalized spacial score (nSPS) is 29.9. The van der Waals surface area contributed by atoms with Crippen molar-refractivity contribution < 1.29 is 9.59 Å². The zero-order valence-corrected chi connectivity index (χ0v) is 18.0. The zero-order chi connectivity index (χ0) is 20.9. The van der Waals surface area contributed by atoms with E-state index in [9.17, 15) is 9.59 Å². The number of hydrogen-bond donors (Lipinski definition) is 1. The summed E-state index contributed by atoms with van der Waals surface area (Å²) in [4.78, 5) is 32.4. The molecule has 31 heavy (non-hydrogen) atoms. The predicted octanol–water partition coefficient (Wildman–Crippen LogP) is 2.50. The van der Waals surface area contributed by atoms with Crippen molar-refractivity contribution in [3.8, 4) is 0 Å². The van der Waals surface area contributed by atoms with Crippen LogP contribution in [0, 0.1) is 11.8 Å². The number of rotatable bonds is 2. The van der Waals surface area contributed by atoms with Gasteiger partial charge >= 0.3 is 0 Å². The topological polar surface area (TPSA) is 72.5 Å². The number of fused-ring (bicyclic) bond motifs is 5. The maximum absolute atomic E-state index is 13.1. The molecule has 7 heteroatoms.